The molecule has 13 nitrogen and oxygen atoms in total. The van der Waals surface area contributed by atoms with Crippen LogP contribution in [0.1, 0.15) is 50.0 Å². The Hall–Kier alpha value is -5.45. The molecule has 3 amide bonds. The van der Waals surface area contributed by atoms with Gasteiger partial charge in [-0.25, -0.2) is 19.2 Å². The molecule has 0 unspecified atom stereocenters. The van der Waals surface area contributed by atoms with Gasteiger partial charge in [0.25, 0.3) is 5.91 Å². The first-order valence-electron chi connectivity index (χ1n) is 18.1. The number of nitrogens with zero attached hydrogens (tertiary/aromatic N) is 6. The Bertz CT molecular complexity index is 2040. The van der Waals surface area contributed by atoms with Crippen molar-refractivity contribution in [1.29, 1.82) is 0 Å². The summed E-state index contributed by atoms with van der Waals surface area (Å²) in [4.78, 5) is 52.9. The van der Waals surface area contributed by atoms with Gasteiger partial charge in [0, 0.05) is 93.9 Å². The summed E-state index contributed by atoms with van der Waals surface area (Å²) in [5.74, 6) is -3.48. The number of imidazole rings is 1. The minimum atomic E-state index is -3.31. The minimum Gasteiger partial charge on any atom is -0.444 e. The van der Waals surface area contributed by atoms with Crippen LogP contribution in [0.25, 0.3) is 16.9 Å². The fourth-order valence-electron chi connectivity index (χ4n) is 6.69. The van der Waals surface area contributed by atoms with Gasteiger partial charge >= 0.3 is 12.7 Å². The maximum Gasteiger partial charge on any atom is 0.410 e. The number of rotatable bonds is 12. The highest BCUT2D eigenvalue weighted by Gasteiger charge is 2.35. The van der Waals surface area contributed by atoms with Gasteiger partial charge in [-0.2, -0.15) is 13.2 Å². The Morgan fingerprint density at radius 2 is 1.73 bits per heavy atom. The van der Waals surface area contributed by atoms with E-state index < -0.39 is 29.6 Å². The Balaban J connectivity index is 0.989. The average molecular weight is 769 g/mol. The Labute approximate surface area is 315 Å². The Morgan fingerprint density at radius 3 is 2.42 bits per heavy atom. The summed E-state index contributed by atoms with van der Waals surface area (Å²) >= 11 is 0. The van der Waals surface area contributed by atoms with Gasteiger partial charge in [0.15, 0.2) is 23.0 Å². The quantitative estimate of drug-likeness (QED) is 0.174. The lowest BCUT2D eigenvalue weighted by Gasteiger charge is -2.43. The number of aromatic nitrogens is 3. The number of halogens is 4. The van der Waals surface area contributed by atoms with Crippen LogP contribution in [-0.4, -0.2) is 112 Å². The number of amides is 3. The van der Waals surface area contributed by atoms with E-state index >= 15 is 0 Å². The number of likely N-dealkylation sites (tertiary alicyclic amines) is 1. The second-order valence-electron chi connectivity index (χ2n) is 14.5. The normalized spacial score (nSPS) is 15.3. The van der Waals surface area contributed by atoms with Crippen molar-refractivity contribution in [1.82, 2.24) is 34.4 Å². The molecule has 0 spiro atoms. The zero-order valence-electron chi connectivity index (χ0n) is 31.1. The lowest BCUT2D eigenvalue weighted by atomic mass is 10.00. The molecule has 0 saturated carbocycles. The van der Waals surface area contributed by atoms with E-state index in [2.05, 4.69) is 30.2 Å². The van der Waals surface area contributed by atoms with Gasteiger partial charge in [0.1, 0.15) is 5.60 Å². The van der Waals surface area contributed by atoms with Crippen LogP contribution in [-0.2, 0) is 16.0 Å². The molecular weight excluding hydrogens is 724 g/mol. The smallest absolute Gasteiger partial charge is 0.410 e. The summed E-state index contributed by atoms with van der Waals surface area (Å²) in [5, 5.41) is 6.03. The van der Waals surface area contributed by atoms with Gasteiger partial charge in [-0.05, 0) is 63.1 Å². The van der Waals surface area contributed by atoms with E-state index in [9.17, 15) is 31.9 Å². The number of hydrogen-bond acceptors (Lipinski definition) is 9. The lowest BCUT2D eigenvalue weighted by molar-refractivity contribution is -0.133. The summed E-state index contributed by atoms with van der Waals surface area (Å²) in [6, 6.07) is 7.21. The van der Waals surface area contributed by atoms with Crippen LogP contribution in [0, 0.1) is 17.6 Å². The number of hydrogen-bond donors (Lipinski definition) is 2. The molecule has 2 N–H and O–H groups in total. The van der Waals surface area contributed by atoms with Crippen molar-refractivity contribution >= 4 is 35.1 Å². The highest BCUT2D eigenvalue weighted by molar-refractivity contribution is 5.96. The first-order chi connectivity index (χ1) is 26.2. The maximum atomic E-state index is 14.9. The molecular formula is C38H44F4N8O5. The maximum absolute atomic E-state index is 14.9. The van der Waals surface area contributed by atoms with E-state index in [1.165, 1.54) is 23.0 Å². The van der Waals surface area contributed by atoms with E-state index in [1.807, 2.05) is 32.6 Å². The van der Waals surface area contributed by atoms with Gasteiger partial charge in [-0.3, -0.25) is 18.9 Å². The van der Waals surface area contributed by atoms with Gasteiger partial charge in [-0.15, -0.1) is 0 Å². The number of carbonyl (C=O) groups excluding carboxylic acids is 3. The number of piperazine rings is 1. The Kier molecular flexibility index (Phi) is 11.8. The first-order valence-corrected chi connectivity index (χ1v) is 18.1. The van der Waals surface area contributed by atoms with Crippen LogP contribution in [0.15, 0.2) is 48.9 Å². The van der Waals surface area contributed by atoms with E-state index in [0.717, 1.165) is 37.3 Å². The predicted molar refractivity (Wildman–Crippen MR) is 195 cm³/mol. The highest BCUT2D eigenvalue weighted by atomic mass is 19.3. The van der Waals surface area contributed by atoms with E-state index in [4.69, 9.17) is 4.74 Å². The molecule has 17 heteroatoms. The van der Waals surface area contributed by atoms with Crippen molar-refractivity contribution in [2.24, 2.45) is 5.92 Å². The topological polar surface area (TPSA) is 134 Å². The van der Waals surface area contributed by atoms with Gasteiger partial charge < -0.3 is 29.9 Å². The zero-order chi connectivity index (χ0) is 39.4. The molecule has 2 aliphatic heterocycles. The fraction of sp³-hybridized carbons (Fsp3) is 0.447. The van der Waals surface area contributed by atoms with Gasteiger partial charge in [-0.1, -0.05) is 6.92 Å². The lowest BCUT2D eigenvalue weighted by Crippen LogP contribution is -2.57. The largest absolute Gasteiger partial charge is 0.444 e. The van der Waals surface area contributed by atoms with E-state index in [-0.39, 0.29) is 47.8 Å². The first kappa shape index (κ1) is 39.2. The number of ether oxygens (including phenoxy) is 2. The van der Waals surface area contributed by atoms with Crippen LogP contribution >= 0.6 is 0 Å². The molecule has 0 aliphatic carbocycles. The molecule has 2 aromatic heterocycles. The molecule has 294 valence electrons. The van der Waals surface area contributed by atoms with E-state index in [0.29, 0.717) is 55.6 Å². The van der Waals surface area contributed by atoms with Crippen LogP contribution in [0.3, 0.4) is 0 Å². The average Bonchev–Trinajstić information content (AvgIpc) is 3.55. The number of carbonyl (C=O) groups is 3. The van der Waals surface area contributed by atoms with Crippen molar-refractivity contribution < 1.29 is 41.4 Å². The molecule has 2 aromatic carbocycles. The summed E-state index contributed by atoms with van der Waals surface area (Å²) < 4.78 is 65.5. The van der Waals surface area contributed by atoms with Crippen molar-refractivity contribution in [2.75, 3.05) is 57.7 Å². The summed E-state index contributed by atoms with van der Waals surface area (Å²) in [6.45, 7) is 9.26. The third-order valence-electron chi connectivity index (χ3n) is 9.44. The number of aryl methyl sites for hydroxylation is 1. The van der Waals surface area contributed by atoms with Crippen LogP contribution < -0.4 is 15.4 Å². The number of anilines is 2. The molecule has 2 saturated heterocycles. The SMILES string of the molecule is CCc1cc(Nc2nccn3c(-c4ccc(OC(F)F)c(F)c4F)cnc23)ccc1C(=O)NCCC(=O)N1CCN(CC2CN(C(=O)OC(C)(C)C)C2)CC1. The molecule has 2 aliphatic rings. The fourth-order valence-corrected chi connectivity index (χ4v) is 6.69. The second kappa shape index (κ2) is 16.5. The molecule has 2 fully saturated rings. The number of nitrogens with one attached hydrogen (secondary N) is 2. The third-order valence-corrected chi connectivity index (χ3v) is 9.44. The van der Waals surface area contributed by atoms with Crippen LogP contribution in [0.4, 0.5) is 33.9 Å². The molecule has 55 heavy (non-hydrogen) atoms. The minimum absolute atomic E-state index is 0.0237. The van der Waals surface area contributed by atoms with Gasteiger partial charge in [0.05, 0.1) is 11.9 Å². The second-order valence-corrected chi connectivity index (χ2v) is 14.5. The Morgan fingerprint density at radius 1 is 0.982 bits per heavy atom. The molecule has 6 rings (SSSR count). The number of alkyl halides is 2. The van der Waals surface area contributed by atoms with Crippen molar-refractivity contribution in [3.05, 3.63) is 71.7 Å². The van der Waals surface area contributed by atoms with E-state index in [1.54, 1.807) is 23.1 Å². The molecule has 0 radical (unpaired) electrons. The van der Waals surface area contributed by atoms with Gasteiger partial charge in [0.2, 0.25) is 11.7 Å². The van der Waals surface area contributed by atoms with Crippen LogP contribution in [0.2, 0.25) is 0 Å². The third kappa shape index (κ3) is 9.27. The summed E-state index contributed by atoms with van der Waals surface area (Å²) in [7, 11) is 0. The predicted octanol–water partition coefficient (Wildman–Crippen LogP) is 5.71. The number of fused-ring (bicyclic) bond motifs is 1. The molecule has 0 atom stereocenters. The van der Waals surface area contributed by atoms with Crippen molar-refractivity contribution in [3.8, 4) is 17.0 Å². The summed E-state index contributed by atoms with van der Waals surface area (Å²) in [6.07, 6.45) is 4.66. The number of benzene rings is 2. The van der Waals surface area contributed by atoms with Crippen LogP contribution in [0.5, 0.6) is 5.75 Å². The van der Waals surface area contributed by atoms with Crippen molar-refractivity contribution in [2.45, 2.75) is 52.7 Å². The van der Waals surface area contributed by atoms with Crippen molar-refractivity contribution in [3.63, 3.8) is 0 Å². The zero-order valence-corrected chi connectivity index (χ0v) is 31.1. The molecule has 4 heterocycles. The highest BCUT2D eigenvalue weighted by Crippen LogP contribution is 2.32. The summed E-state index contributed by atoms with van der Waals surface area (Å²) in [5.41, 5.74) is 1.49. The molecule has 0 bridgehead atoms. The molecule has 4 aromatic rings. The monoisotopic (exact) mass is 768 g/mol. The standard InChI is InChI=1S/C38H44F4N8O5/c1-5-24-18-25(46-33-34-45-19-28(50(34)13-12-43-33)27-8-9-29(54-36(41)42)32(40)31(27)39)6-7-26(24)35(52)44-11-10-30(51)48-16-14-47(15-17-48)20-23-21-49(22-23)37(53)55-38(2,3)4/h6-9,12-13,18-19,23,36H,5,10-11,14-17,20-22H2,1-4H3,(H,43,46)(H,44,52).